The minimum atomic E-state index is -0.211. The van der Waals surface area contributed by atoms with E-state index in [1.165, 1.54) is 16.7 Å². The monoisotopic (exact) mass is 483 g/mol. The summed E-state index contributed by atoms with van der Waals surface area (Å²) in [5.74, 6) is 0.266. The van der Waals surface area contributed by atoms with E-state index in [1.54, 1.807) is 6.20 Å². The third-order valence-corrected chi connectivity index (χ3v) is 7.20. The second-order valence-electron chi connectivity index (χ2n) is 9.77. The lowest BCUT2D eigenvalue weighted by atomic mass is 9.76. The summed E-state index contributed by atoms with van der Waals surface area (Å²) in [6.07, 6.45) is 7.29. The third-order valence-electron chi connectivity index (χ3n) is 7.20. The maximum Gasteiger partial charge on any atom is 0.319 e. The van der Waals surface area contributed by atoms with Gasteiger partial charge in [-0.25, -0.2) is 4.79 Å². The van der Waals surface area contributed by atoms with Crippen molar-refractivity contribution in [2.45, 2.75) is 43.7 Å². The van der Waals surface area contributed by atoms with Crippen LogP contribution in [0.15, 0.2) is 79.1 Å². The van der Waals surface area contributed by atoms with Crippen LogP contribution >= 0.6 is 0 Å². The van der Waals surface area contributed by atoms with Crippen LogP contribution in [0.4, 0.5) is 10.5 Å². The van der Waals surface area contributed by atoms with Crippen LogP contribution in [0.1, 0.15) is 35.4 Å². The minimum Gasteiger partial charge on any atom is -0.352 e. The average molecular weight is 484 g/mol. The zero-order valence-electron chi connectivity index (χ0n) is 20.4. The summed E-state index contributed by atoms with van der Waals surface area (Å²) in [4.78, 5) is 31.8. The number of aromatic nitrogens is 1. The Morgan fingerprint density at radius 1 is 0.944 bits per heavy atom. The predicted molar refractivity (Wildman–Crippen MR) is 141 cm³/mol. The number of para-hydroxylation sites is 1. The number of carbonyl (C=O) groups is 2. The highest BCUT2D eigenvalue weighted by Gasteiger charge is 2.32. The van der Waals surface area contributed by atoms with Gasteiger partial charge in [-0.05, 0) is 60.6 Å². The summed E-state index contributed by atoms with van der Waals surface area (Å²) >= 11 is 0. The minimum absolute atomic E-state index is 0.0291. The molecule has 1 aromatic heterocycles. The van der Waals surface area contributed by atoms with Crippen molar-refractivity contribution in [2.75, 3.05) is 25.0 Å². The van der Waals surface area contributed by atoms with Crippen LogP contribution < -0.4 is 16.0 Å². The highest BCUT2D eigenvalue weighted by molar-refractivity contribution is 5.89. The normalized spacial score (nSPS) is 21.4. The molecule has 0 radical (unpaired) electrons. The van der Waals surface area contributed by atoms with Gasteiger partial charge in [0.25, 0.3) is 0 Å². The number of carbonyl (C=O) groups excluding carboxylic acids is 2. The molecule has 2 aliphatic rings. The second-order valence-corrected chi connectivity index (χ2v) is 9.77. The highest BCUT2D eigenvalue weighted by atomic mass is 16.2. The molecule has 3 aromatic rings. The highest BCUT2D eigenvalue weighted by Crippen LogP contribution is 2.34. The van der Waals surface area contributed by atoms with E-state index in [0.29, 0.717) is 13.1 Å². The van der Waals surface area contributed by atoms with Gasteiger partial charge in [-0.3, -0.25) is 14.7 Å². The van der Waals surface area contributed by atoms with Gasteiger partial charge in [0.1, 0.15) is 0 Å². The van der Waals surface area contributed by atoms with Crippen LogP contribution in [0.25, 0.3) is 0 Å². The fourth-order valence-electron chi connectivity index (χ4n) is 5.47. The molecule has 1 saturated heterocycles. The average Bonchev–Trinajstić information content (AvgIpc) is 3.32. The smallest absolute Gasteiger partial charge is 0.319 e. The lowest BCUT2D eigenvalue weighted by Gasteiger charge is -2.35. The van der Waals surface area contributed by atoms with E-state index in [0.717, 1.165) is 37.9 Å². The van der Waals surface area contributed by atoms with Gasteiger partial charge in [-0.1, -0.05) is 48.5 Å². The Hall–Kier alpha value is -3.71. The maximum atomic E-state index is 13.1. The van der Waals surface area contributed by atoms with Crippen molar-refractivity contribution in [3.05, 3.63) is 95.8 Å². The number of amides is 3. The molecule has 7 heteroatoms. The van der Waals surface area contributed by atoms with Crippen molar-refractivity contribution >= 4 is 17.6 Å². The molecule has 2 heterocycles. The van der Waals surface area contributed by atoms with Crippen molar-refractivity contribution in [1.29, 1.82) is 0 Å². The Balaban J connectivity index is 1.15. The van der Waals surface area contributed by atoms with Gasteiger partial charge in [0, 0.05) is 49.2 Å². The number of hydrogen-bond acceptors (Lipinski definition) is 4. The first kappa shape index (κ1) is 24.0. The Morgan fingerprint density at radius 3 is 2.61 bits per heavy atom. The van der Waals surface area contributed by atoms with E-state index in [9.17, 15) is 9.59 Å². The zero-order chi connectivity index (χ0) is 24.7. The topological polar surface area (TPSA) is 86.4 Å². The van der Waals surface area contributed by atoms with Crippen LogP contribution in [-0.2, 0) is 17.6 Å². The summed E-state index contributed by atoms with van der Waals surface area (Å²) in [6.45, 7) is 1.80. The molecule has 2 aromatic carbocycles. The first-order chi connectivity index (χ1) is 17.6. The van der Waals surface area contributed by atoms with E-state index in [2.05, 4.69) is 56.2 Å². The Morgan fingerprint density at radius 2 is 1.78 bits per heavy atom. The Kier molecular flexibility index (Phi) is 7.57. The van der Waals surface area contributed by atoms with Gasteiger partial charge in [0.15, 0.2) is 0 Å². The van der Waals surface area contributed by atoms with Crippen molar-refractivity contribution < 1.29 is 9.59 Å². The summed E-state index contributed by atoms with van der Waals surface area (Å²) in [6, 6.07) is 22.0. The van der Waals surface area contributed by atoms with Crippen molar-refractivity contribution in [3.8, 4) is 0 Å². The number of urea groups is 1. The molecule has 7 nitrogen and oxygen atoms in total. The summed E-state index contributed by atoms with van der Waals surface area (Å²) in [7, 11) is 0. The molecular weight excluding hydrogens is 450 g/mol. The molecule has 3 atom stereocenters. The van der Waals surface area contributed by atoms with E-state index >= 15 is 0 Å². The van der Waals surface area contributed by atoms with Crippen molar-refractivity contribution in [3.63, 3.8) is 0 Å². The van der Waals surface area contributed by atoms with Crippen molar-refractivity contribution in [1.82, 2.24) is 20.5 Å². The lowest BCUT2D eigenvalue weighted by molar-refractivity contribution is -0.123. The first-order valence-corrected chi connectivity index (χ1v) is 12.7. The van der Waals surface area contributed by atoms with E-state index < -0.39 is 0 Å². The molecule has 36 heavy (non-hydrogen) atoms. The fourth-order valence-corrected chi connectivity index (χ4v) is 5.47. The lowest BCUT2D eigenvalue weighted by Crippen LogP contribution is -2.47. The number of pyridine rings is 1. The molecule has 186 valence electrons. The molecule has 3 amide bonds. The van der Waals surface area contributed by atoms with Crippen LogP contribution in [0.5, 0.6) is 0 Å². The van der Waals surface area contributed by atoms with Crippen LogP contribution in [-0.4, -0.2) is 53.5 Å². The standard InChI is InChI=1S/C29H33N5O2/c35-28(20-34-16-14-24(19-34)32-29(36)31-23-9-2-1-3-10-23)33-27-13-12-22-8-4-5-11-25(22)26(27)17-21-7-6-15-30-18-21/h1-11,15,18,24,26-27H,12-14,16-17,19-20H2,(H,33,35)(H2,31,32,36)/t24?,26-,27+/m0/s1. The summed E-state index contributed by atoms with van der Waals surface area (Å²) < 4.78 is 0. The molecule has 3 N–H and O–H groups in total. The zero-order valence-corrected chi connectivity index (χ0v) is 20.4. The fraction of sp³-hybridized carbons (Fsp3) is 0.345. The largest absolute Gasteiger partial charge is 0.352 e. The van der Waals surface area contributed by atoms with Crippen LogP contribution in [0, 0.1) is 0 Å². The molecule has 1 fully saturated rings. The number of likely N-dealkylation sites (tertiary alicyclic amines) is 1. The molecule has 5 rings (SSSR count). The molecule has 1 aliphatic heterocycles. The molecule has 0 spiro atoms. The number of aryl methyl sites for hydroxylation is 1. The molecule has 0 saturated carbocycles. The number of benzene rings is 2. The number of fused-ring (bicyclic) bond motifs is 1. The SMILES string of the molecule is O=C(CN1CCC(NC(=O)Nc2ccccc2)C1)N[C@@H]1CCc2ccccc2[C@@H]1Cc1cccnc1. The second kappa shape index (κ2) is 11.4. The number of nitrogens with one attached hydrogen (secondary N) is 3. The predicted octanol–water partition coefficient (Wildman–Crippen LogP) is 3.73. The quantitative estimate of drug-likeness (QED) is 0.478. The number of hydrogen-bond donors (Lipinski definition) is 3. The Bertz CT molecular complexity index is 1170. The van der Waals surface area contributed by atoms with Gasteiger partial charge in [-0.2, -0.15) is 0 Å². The molecule has 0 bridgehead atoms. The maximum absolute atomic E-state index is 13.1. The number of rotatable bonds is 7. The van der Waals surface area contributed by atoms with Crippen LogP contribution in [0.3, 0.4) is 0 Å². The molecule has 1 aliphatic carbocycles. The molecule has 1 unspecified atom stereocenters. The van der Waals surface area contributed by atoms with E-state index in [1.807, 2.05) is 42.6 Å². The van der Waals surface area contributed by atoms with Gasteiger partial charge in [0.05, 0.1) is 6.54 Å². The van der Waals surface area contributed by atoms with Gasteiger partial charge < -0.3 is 16.0 Å². The third kappa shape index (κ3) is 6.10. The molecular formula is C29H33N5O2. The Labute approximate surface area is 212 Å². The van der Waals surface area contributed by atoms with Crippen molar-refractivity contribution in [2.24, 2.45) is 0 Å². The first-order valence-electron chi connectivity index (χ1n) is 12.7. The van der Waals surface area contributed by atoms with Gasteiger partial charge in [-0.15, -0.1) is 0 Å². The van der Waals surface area contributed by atoms with Gasteiger partial charge >= 0.3 is 6.03 Å². The van der Waals surface area contributed by atoms with Crippen LogP contribution in [0.2, 0.25) is 0 Å². The number of nitrogens with zero attached hydrogens (tertiary/aromatic N) is 2. The number of anilines is 1. The van der Waals surface area contributed by atoms with E-state index in [4.69, 9.17) is 0 Å². The summed E-state index contributed by atoms with van der Waals surface area (Å²) in [5, 5.41) is 9.23. The van der Waals surface area contributed by atoms with Gasteiger partial charge in [0.2, 0.25) is 5.91 Å². The van der Waals surface area contributed by atoms with E-state index in [-0.39, 0.29) is 29.9 Å². The summed E-state index contributed by atoms with van der Waals surface area (Å²) in [5.41, 5.74) is 4.65.